The number of Topliss-reactive ketones (excluding diaryl/α,β-unsaturated/α-hetero) is 1. The highest BCUT2D eigenvalue weighted by atomic mass is 79.9. The number of hydrogen-bond acceptors (Lipinski definition) is 2. The zero-order valence-corrected chi connectivity index (χ0v) is 13.4. The maximum atomic E-state index is 12.3. The van der Waals surface area contributed by atoms with Crippen LogP contribution in [0.25, 0.3) is 0 Å². The Labute approximate surface area is 131 Å². The minimum absolute atomic E-state index is 0.0239. The number of rotatable bonds is 5. The number of benzene rings is 2. The fourth-order valence-electron chi connectivity index (χ4n) is 1.87. The Balaban J connectivity index is 2.17. The molecular formula is C16H14BrClO2. The molecule has 0 unspecified atom stereocenters. The molecule has 4 heteroatoms. The maximum absolute atomic E-state index is 12.3. The van der Waals surface area contributed by atoms with Crippen LogP contribution < -0.4 is 4.74 Å². The first-order valence-electron chi connectivity index (χ1n) is 6.30. The first-order valence-corrected chi connectivity index (χ1v) is 7.47. The SMILES string of the molecule is CCOc1cccc(C(=O)Cc2ccc(Br)cc2Cl)c1. The predicted octanol–water partition coefficient (Wildman–Crippen LogP) is 4.93. The van der Waals surface area contributed by atoms with E-state index in [2.05, 4.69) is 15.9 Å². The average molecular weight is 354 g/mol. The summed E-state index contributed by atoms with van der Waals surface area (Å²) in [6.07, 6.45) is 0.279. The molecule has 0 amide bonds. The number of carbonyl (C=O) groups is 1. The summed E-state index contributed by atoms with van der Waals surface area (Å²) in [7, 11) is 0. The first kappa shape index (κ1) is 15.1. The monoisotopic (exact) mass is 352 g/mol. The molecule has 0 N–H and O–H groups in total. The van der Waals surface area contributed by atoms with Gasteiger partial charge in [-0.25, -0.2) is 0 Å². The largest absolute Gasteiger partial charge is 0.494 e. The molecule has 2 rings (SSSR count). The Bertz CT molecular complexity index is 626. The van der Waals surface area contributed by atoms with Gasteiger partial charge in [0.2, 0.25) is 0 Å². The molecule has 0 heterocycles. The van der Waals surface area contributed by atoms with Gasteiger partial charge >= 0.3 is 0 Å². The number of hydrogen-bond donors (Lipinski definition) is 0. The fraction of sp³-hybridized carbons (Fsp3) is 0.188. The van der Waals surface area contributed by atoms with Crippen molar-refractivity contribution in [1.29, 1.82) is 0 Å². The Morgan fingerprint density at radius 3 is 2.75 bits per heavy atom. The first-order chi connectivity index (χ1) is 9.60. The van der Waals surface area contributed by atoms with Gasteiger partial charge in [0.25, 0.3) is 0 Å². The van der Waals surface area contributed by atoms with Crippen LogP contribution in [0.1, 0.15) is 22.8 Å². The van der Waals surface area contributed by atoms with Gasteiger partial charge in [-0.05, 0) is 36.8 Å². The summed E-state index contributed by atoms with van der Waals surface area (Å²) in [5, 5.41) is 0.591. The zero-order valence-electron chi connectivity index (χ0n) is 11.0. The molecule has 0 aliphatic rings. The normalized spacial score (nSPS) is 10.3. The van der Waals surface area contributed by atoms with E-state index in [9.17, 15) is 4.79 Å². The Hall–Kier alpha value is -1.32. The third-order valence-corrected chi connectivity index (χ3v) is 3.68. The van der Waals surface area contributed by atoms with Crippen LogP contribution in [0.5, 0.6) is 5.75 Å². The van der Waals surface area contributed by atoms with Crippen LogP contribution in [0, 0.1) is 0 Å². The van der Waals surface area contributed by atoms with E-state index in [1.807, 2.05) is 31.2 Å². The Morgan fingerprint density at radius 2 is 2.05 bits per heavy atom. The predicted molar refractivity (Wildman–Crippen MR) is 84.8 cm³/mol. The molecule has 0 saturated heterocycles. The van der Waals surface area contributed by atoms with Crippen molar-refractivity contribution in [2.24, 2.45) is 0 Å². The van der Waals surface area contributed by atoms with Crippen LogP contribution in [0.15, 0.2) is 46.9 Å². The molecule has 0 spiro atoms. The lowest BCUT2D eigenvalue weighted by Crippen LogP contribution is -2.04. The molecule has 0 aliphatic carbocycles. The van der Waals surface area contributed by atoms with Gasteiger partial charge in [-0.3, -0.25) is 4.79 Å². The van der Waals surface area contributed by atoms with Crippen LogP contribution in [0.2, 0.25) is 5.02 Å². The molecule has 2 nitrogen and oxygen atoms in total. The quantitative estimate of drug-likeness (QED) is 0.713. The summed E-state index contributed by atoms with van der Waals surface area (Å²) >= 11 is 9.48. The second-order valence-corrected chi connectivity index (χ2v) is 5.62. The minimum atomic E-state index is 0.0239. The summed E-state index contributed by atoms with van der Waals surface area (Å²) in [4.78, 5) is 12.3. The van der Waals surface area contributed by atoms with Crippen molar-refractivity contribution in [2.75, 3.05) is 6.61 Å². The molecule has 2 aromatic rings. The Kier molecular flexibility index (Phi) is 5.21. The lowest BCUT2D eigenvalue weighted by molar-refractivity contribution is 0.0992. The van der Waals surface area contributed by atoms with Crippen LogP contribution in [-0.4, -0.2) is 12.4 Å². The maximum Gasteiger partial charge on any atom is 0.167 e. The highest BCUT2D eigenvalue weighted by molar-refractivity contribution is 9.10. The number of ether oxygens (including phenoxy) is 1. The van der Waals surface area contributed by atoms with Crippen molar-refractivity contribution in [1.82, 2.24) is 0 Å². The summed E-state index contributed by atoms with van der Waals surface area (Å²) in [5.41, 5.74) is 1.46. The van der Waals surface area contributed by atoms with E-state index in [0.717, 1.165) is 10.0 Å². The smallest absolute Gasteiger partial charge is 0.167 e. The second-order valence-electron chi connectivity index (χ2n) is 4.30. The molecule has 0 atom stereocenters. The highest BCUT2D eigenvalue weighted by Gasteiger charge is 2.10. The van der Waals surface area contributed by atoms with Gasteiger partial charge in [0.1, 0.15) is 5.75 Å². The van der Waals surface area contributed by atoms with E-state index >= 15 is 0 Å². The van der Waals surface area contributed by atoms with Crippen molar-refractivity contribution >= 4 is 33.3 Å². The van der Waals surface area contributed by atoms with E-state index in [0.29, 0.717) is 22.9 Å². The van der Waals surface area contributed by atoms with Crippen LogP contribution in [-0.2, 0) is 6.42 Å². The molecule has 0 saturated carbocycles. The Morgan fingerprint density at radius 1 is 1.25 bits per heavy atom. The summed E-state index contributed by atoms with van der Waals surface area (Å²) in [6.45, 7) is 2.49. The lowest BCUT2D eigenvalue weighted by Gasteiger charge is -2.07. The van der Waals surface area contributed by atoms with Gasteiger partial charge in [0.15, 0.2) is 5.78 Å². The van der Waals surface area contributed by atoms with E-state index in [-0.39, 0.29) is 12.2 Å². The standard InChI is InChI=1S/C16H14BrClO2/c1-2-20-14-5-3-4-12(8-14)16(19)9-11-6-7-13(17)10-15(11)18/h3-8,10H,2,9H2,1H3. The van der Waals surface area contributed by atoms with Crippen LogP contribution in [0.4, 0.5) is 0 Å². The van der Waals surface area contributed by atoms with Gasteiger partial charge in [-0.2, -0.15) is 0 Å². The van der Waals surface area contributed by atoms with Gasteiger partial charge in [-0.1, -0.05) is 45.7 Å². The summed E-state index contributed by atoms with van der Waals surface area (Å²) in [5.74, 6) is 0.732. The number of ketones is 1. The van der Waals surface area contributed by atoms with E-state index < -0.39 is 0 Å². The number of halogens is 2. The van der Waals surface area contributed by atoms with Gasteiger partial charge < -0.3 is 4.74 Å². The van der Waals surface area contributed by atoms with Gasteiger partial charge in [-0.15, -0.1) is 0 Å². The second kappa shape index (κ2) is 6.91. The molecule has 0 aromatic heterocycles. The van der Waals surface area contributed by atoms with Crippen molar-refractivity contribution in [3.8, 4) is 5.75 Å². The van der Waals surface area contributed by atoms with E-state index in [4.69, 9.17) is 16.3 Å². The van der Waals surface area contributed by atoms with Crippen molar-refractivity contribution < 1.29 is 9.53 Å². The van der Waals surface area contributed by atoms with E-state index in [1.165, 1.54) is 0 Å². The van der Waals surface area contributed by atoms with Crippen molar-refractivity contribution in [2.45, 2.75) is 13.3 Å². The average Bonchev–Trinajstić information content (AvgIpc) is 2.42. The minimum Gasteiger partial charge on any atom is -0.494 e. The molecule has 0 radical (unpaired) electrons. The van der Waals surface area contributed by atoms with Crippen molar-refractivity contribution in [3.05, 3.63) is 63.1 Å². The molecule has 2 aromatic carbocycles. The summed E-state index contributed by atoms with van der Waals surface area (Å²) in [6, 6.07) is 12.7. The zero-order chi connectivity index (χ0) is 14.5. The van der Waals surface area contributed by atoms with Crippen LogP contribution >= 0.6 is 27.5 Å². The molecule has 0 fully saturated rings. The highest BCUT2D eigenvalue weighted by Crippen LogP contribution is 2.23. The number of carbonyl (C=O) groups excluding carboxylic acids is 1. The molecule has 0 bridgehead atoms. The lowest BCUT2D eigenvalue weighted by atomic mass is 10.0. The molecule has 20 heavy (non-hydrogen) atoms. The third-order valence-electron chi connectivity index (χ3n) is 2.83. The van der Waals surface area contributed by atoms with Crippen LogP contribution in [0.3, 0.4) is 0 Å². The van der Waals surface area contributed by atoms with Crippen molar-refractivity contribution in [3.63, 3.8) is 0 Å². The third kappa shape index (κ3) is 3.84. The van der Waals surface area contributed by atoms with E-state index in [1.54, 1.807) is 18.2 Å². The summed E-state index contributed by atoms with van der Waals surface area (Å²) < 4.78 is 6.30. The fourth-order valence-corrected chi connectivity index (χ4v) is 2.61. The van der Waals surface area contributed by atoms with Gasteiger partial charge in [0, 0.05) is 21.5 Å². The molecule has 0 aliphatic heterocycles. The van der Waals surface area contributed by atoms with Gasteiger partial charge in [0.05, 0.1) is 6.61 Å². The topological polar surface area (TPSA) is 26.3 Å². The molecular weight excluding hydrogens is 340 g/mol. The molecule has 104 valence electrons.